The molecule has 84 valence electrons. The fourth-order valence-electron chi connectivity index (χ4n) is 3.08. The van der Waals surface area contributed by atoms with Crippen LogP contribution >= 0.6 is 0 Å². The molecule has 1 unspecified atom stereocenters. The topological polar surface area (TPSA) is 17.1 Å². The molecule has 0 fully saturated rings. The molecular formula is C15H18O. The van der Waals surface area contributed by atoms with Crippen LogP contribution in [0.4, 0.5) is 0 Å². The number of Topliss-reactive ketones (excluding diaryl/α,β-unsaturated/α-hetero) is 1. The summed E-state index contributed by atoms with van der Waals surface area (Å²) >= 11 is 0. The number of carbonyl (C=O) groups excluding carboxylic acids is 1. The Kier molecular flexibility index (Phi) is 2.34. The Morgan fingerprint density at radius 3 is 2.81 bits per heavy atom. The minimum absolute atomic E-state index is 0.364. The van der Waals surface area contributed by atoms with Gasteiger partial charge in [-0.05, 0) is 60.8 Å². The fourth-order valence-corrected chi connectivity index (χ4v) is 3.08. The van der Waals surface area contributed by atoms with Crippen molar-refractivity contribution in [1.29, 1.82) is 0 Å². The Labute approximate surface area is 96.9 Å². The van der Waals surface area contributed by atoms with Crippen molar-refractivity contribution in [3.63, 3.8) is 0 Å². The molecule has 0 radical (unpaired) electrons. The summed E-state index contributed by atoms with van der Waals surface area (Å²) in [4.78, 5) is 11.8. The highest BCUT2D eigenvalue weighted by Gasteiger charge is 2.22. The first-order valence-electron chi connectivity index (χ1n) is 6.42. The molecule has 1 nitrogen and oxygen atoms in total. The van der Waals surface area contributed by atoms with E-state index in [1.165, 1.54) is 29.5 Å². The Hall–Kier alpha value is -1.11. The number of carbonyl (C=O) groups is 1. The van der Waals surface area contributed by atoms with Crippen LogP contribution in [0.25, 0.3) is 0 Å². The predicted molar refractivity (Wildman–Crippen MR) is 64.9 cm³/mol. The largest absolute Gasteiger partial charge is 0.294 e. The average molecular weight is 214 g/mol. The zero-order valence-corrected chi connectivity index (χ0v) is 9.88. The lowest BCUT2D eigenvalue weighted by Crippen LogP contribution is -2.17. The van der Waals surface area contributed by atoms with Gasteiger partial charge in [0.15, 0.2) is 5.78 Å². The maximum absolute atomic E-state index is 11.8. The highest BCUT2D eigenvalue weighted by Crippen LogP contribution is 2.31. The number of benzene rings is 1. The number of hydrogen-bond acceptors (Lipinski definition) is 1. The summed E-state index contributed by atoms with van der Waals surface area (Å²) in [6, 6.07) is 4.51. The van der Waals surface area contributed by atoms with Gasteiger partial charge in [-0.3, -0.25) is 4.79 Å². The predicted octanol–water partition coefficient (Wildman–Crippen LogP) is 3.33. The van der Waals surface area contributed by atoms with Crippen LogP contribution in [0.15, 0.2) is 12.1 Å². The van der Waals surface area contributed by atoms with Crippen molar-refractivity contribution in [3.8, 4) is 0 Å². The Morgan fingerprint density at radius 1 is 1.06 bits per heavy atom. The molecule has 0 aliphatic heterocycles. The maximum Gasteiger partial charge on any atom is 0.163 e. The van der Waals surface area contributed by atoms with Crippen molar-refractivity contribution in [3.05, 3.63) is 34.4 Å². The van der Waals surface area contributed by atoms with Crippen LogP contribution in [0, 0.1) is 5.92 Å². The van der Waals surface area contributed by atoms with Crippen LogP contribution < -0.4 is 0 Å². The third kappa shape index (κ3) is 1.59. The summed E-state index contributed by atoms with van der Waals surface area (Å²) < 4.78 is 0. The van der Waals surface area contributed by atoms with Crippen molar-refractivity contribution < 1.29 is 4.79 Å². The third-order valence-electron chi connectivity index (χ3n) is 4.05. The molecule has 0 saturated heterocycles. The van der Waals surface area contributed by atoms with E-state index in [9.17, 15) is 4.79 Å². The molecule has 0 N–H and O–H groups in total. The zero-order chi connectivity index (χ0) is 11.1. The highest BCUT2D eigenvalue weighted by molar-refractivity contribution is 5.98. The van der Waals surface area contributed by atoms with E-state index in [-0.39, 0.29) is 0 Å². The van der Waals surface area contributed by atoms with Gasteiger partial charge in [0.2, 0.25) is 0 Å². The van der Waals surface area contributed by atoms with Crippen molar-refractivity contribution in [2.45, 2.75) is 45.4 Å². The fraction of sp³-hybridized carbons (Fsp3) is 0.533. The van der Waals surface area contributed by atoms with E-state index < -0.39 is 0 Å². The zero-order valence-electron chi connectivity index (χ0n) is 9.88. The van der Waals surface area contributed by atoms with E-state index in [4.69, 9.17) is 0 Å². The van der Waals surface area contributed by atoms with Crippen molar-refractivity contribution >= 4 is 5.78 Å². The molecule has 0 saturated carbocycles. The van der Waals surface area contributed by atoms with Gasteiger partial charge in [-0.25, -0.2) is 0 Å². The molecule has 1 aromatic carbocycles. The van der Waals surface area contributed by atoms with E-state index in [1.807, 2.05) is 0 Å². The van der Waals surface area contributed by atoms with Crippen molar-refractivity contribution in [2.24, 2.45) is 5.92 Å². The molecule has 0 spiro atoms. The molecular weight excluding hydrogens is 196 g/mol. The van der Waals surface area contributed by atoms with Crippen LogP contribution in [-0.4, -0.2) is 5.78 Å². The van der Waals surface area contributed by atoms with E-state index in [0.717, 1.165) is 37.2 Å². The van der Waals surface area contributed by atoms with Gasteiger partial charge >= 0.3 is 0 Å². The summed E-state index contributed by atoms with van der Waals surface area (Å²) in [7, 11) is 0. The van der Waals surface area contributed by atoms with Crippen LogP contribution in [0.5, 0.6) is 0 Å². The summed E-state index contributed by atoms with van der Waals surface area (Å²) in [5.41, 5.74) is 5.28. The molecule has 16 heavy (non-hydrogen) atoms. The normalized spacial score (nSPS) is 23.8. The van der Waals surface area contributed by atoms with Gasteiger partial charge in [0.25, 0.3) is 0 Å². The number of rotatable bonds is 0. The van der Waals surface area contributed by atoms with Gasteiger partial charge < -0.3 is 0 Å². The van der Waals surface area contributed by atoms with Gasteiger partial charge in [0.05, 0.1) is 0 Å². The first-order valence-corrected chi connectivity index (χ1v) is 6.42. The first kappa shape index (κ1) is 10.1. The number of hydrogen-bond donors (Lipinski definition) is 0. The van der Waals surface area contributed by atoms with E-state index in [1.54, 1.807) is 0 Å². The quantitative estimate of drug-likeness (QED) is 0.647. The Bertz CT molecular complexity index is 445. The van der Waals surface area contributed by atoms with E-state index in [0.29, 0.717) is 5.78 Å². The van der Waals surface area contributed by atoms with Gasteiger partial charge in [0.1, 0.15) is 0 Å². The first-order chi connectivity index (χ1) is 7.74. The van der Waals surface area contributed by atoms with Gasteiger partial charge in [-0.15, -0.1) is 0 Å². The van der Waals surface area contributed by atoms with Crippen LogP contribution in [0.2, 0.25) is 0 Å². The van der Waals surface area contributed by atoms with Crippen molar-refractivity contribution in [1.82, 2.24) is 0 Å². The van der Waals surface area contributed by atoms with Gasteiger partial charge in [-0.1, -0.05) is 13.0 Å². The second kappa shape index (κ2) is 3.73. The van der Waals surface area contributed by atoms with Crippen LogP contribution in [-0.2, 0) is 19.3 Å². The lowest BCUT2D eigenvalue weighted by molar-refractivity contribution is 0.0972. The number of fused-ring (bicyclic) bond motifs is 2. The second-order valence-corrected chi connectivity index (χ2v) is 5.40. The highest BCUT2D eigenvalue weighted by atomic mass is 16.1. The minimum Gasteiger partial charge on any atom is -0.294 e. The van der Waals surface area contributed by atoms with Gasteiger partial charge in [-0.2, -0.15) is 0 Å². The summed E-state index contributed by atoms with van der Waals surface area (Å²) in [6.45, 7) is 2.33. The molecule has 3 rings (SSSR count). The molecule has 2 aliphatic rings. The lowest BCUT2D eigenvalue weighted by Gasteiger charge is -2.25. The lowest BCUT2D eigenvalue weighted by atomic mass is 9.80. The standard InChI is InChI=1S/C15H18O/c1-10-5-6-11-9-14-12(8-13(11)7-10)3-2-4-15(14)16/h8-10H,2-7H2,1H3. The summed E-state index contributed by atoms with van der Waals surface area (Å²) in [5, 5.41) is 0. The number of ketones is 1. The minimum atomic E-state index is 0.364. The molecule has 0 heterocycles. The molecule has 0 amide bonds. The van der Waals surface area contributed by atoms with Crippen molar-refractivity contribution in [2.75, 3.05) is 0 Å². The Balaban J connectivity index is 2.08. The molecule has 0 aromatic heterocycles. The third-order valence-corrected chi connectivity index (χ3v) is 4.05. The number of aryl methyl sites for hydroxylation is 2. The summed E-state index contributed by atoms with van der Waals surface area (Å²) in [5.74, 6) is 1.17. The van der Waals surface area contributed by atoms with E-state index in [2.05, 4.69) is 19.1 Å². The molecule has 1 heteroatoms. The van der Waals surface area contributed by atoms with Gasteiger partial charge in [0, 0.05) is 12.0 Å². The second-order valence-electron chi connectivity index (χ2n) is 5.40. The molecule has 2 aliphatic carbocycles. The smallest absolute Gasteiger partial charge is 0.163 e. The molecule has 1 atom stereocenters. The average Bonchev–Trinajstić information content (AvgIpc) is 2.27. The molecule has 1 aromatic rings. The maximum atomic E-state index is 11.8. The Morgan fingerprint density at radius 2 is 1.94 bits per heavy atom. The van der Waals surface area contributed by atoms with E-state index >= 15 is 0 Å². The monoisotopic (exact) mass is 214 g/mol. The van der Waals surface area contributed by atoms with Crippen LogP contribution in [0.1, 0.15) is 53.2 Å². The van der Waals surface area contributed by atoms with Crippen LogP contribution in [0.3, 0.4) is 0 Å². The SMILES string of the molecule is CC1CCc2cc3c(cc2C1)CCCC3=O. The summed E-state index contributed by atoms with van der Waals surface area (Å²) in [6.07, 6.45) is 6.54. The molecule has 0 bridgehead atoms.